The molecule has 0 aliphatic rings. The minimum atomic E-state index is -0.361. The molecule has 0 aliphatic carbocycles. The van der Waals surface area contributed by atoms with Gasteiger partial charge in [-0.15, -0.1) is 0 Å². The highest BCUT2D eigenvalue weighted by Gasteiger charge is 1.94. The molecule has 0 spiro atoms. The molecule has 0 amide bonds. The molecule has 0 aliphatic heterocycles. The largest absolute Gasteiger partial charge is 0.389 e. The van der Waals surface area contributed by atoms with Crippen LogP contribution in [0.2, 0.25) is 0 Å². The average Bonchev–Trinajstić information content (AvgIpc) is 2.30. The third-order valence-electron chi connectivity index (χ3n) is 1.38. The molecule has 0 fully saturated rings. The van der Waals surface area contributed by atoms with Gasteiger partial charge in [-0.25, -0.2) is 0 Å². The summed E-state index contributed by atoms with van der Waals surface area (Å²) in [6.45, 7) is 11.3. The Morgan fingerprint density at radius 1 is 1.06 bits per heavy atom. The van der Waals surface area contributed by atoms with Gasteiger partial charge >= 0.3 is 0 Å². The number of aliphatic hydroxyl groups excluding tert-OH is 1. The molecule has 0 aromatic rings. The number of hydrogen-bond donors (Lipinski definition) is 1. The average molecular weight is 236 g/mol. The number of unbranched alkanes of at least 4 members (excludes halogenated alkanes) is 1. The first kappa shape index (κ1) is 20.9. The van der Waals surface area contributed by atoms with Crippen molar-refractivity contribution in [2.24, 2.45) is 0 Å². The molecule has 0 bridgehead atoms. The van der Waals surface area contributed by atoms with E-state index in [0.717, 1.165) is 13.2 Å². The van der Waals surface area contributed by atoms with E-state index in [9.17, 15) is 0 Å². The smallest absolute Gasteiger partial charge is 0.154 e. The standard InChI is InChI=1S/C6H14O2.C4H10.C2H4O2/c1-4-7-6(3)8-5-2;1-3-4-2;3-1-2-4/h6H,4-5H2,1-3H3;3-4H2,1-2H3;1,4H,2H2. The second-order valence-electron chi connectivity index (χ2n) is 2.83. The molecule has 0 heterocycles. The Labute approximate surface area is 99.9 Å². The Balaban J connectivity index is -0.000000179. The zero-order chi connectivity index (χ0) is 13.2. The molecule has 0 atom stereocenters. The number of aldehydes is 1. The number of ether oxygens (including phenoxy) is 2. The third-order valence-corrected chi connectivity index (χ3v) is 1.38. The van der Waals surface area contributed by atoms with Crippen LogP contribution in [0.3, 0.4) is 0 Å². The van der Waals surface area contributed by atoms with Gasteiger partial charge in [-0.2, -0.15) is 0 Å². The van der Waals surface area contributed by atoms with Gasteiger partial charge in [0.05, 0.1) is 6.61 Å². The second-order valence-corrected chi connectivity index (χ2v) is 2.83. The van der Waals surface area contributed by atoms with Crippen molar-refractivity contribution in [2.45, 2.75) is 53.8 Å². The lowest BCUT2D eigenvalue weighted by atomic mass is 10.4. The highest BCUT2D eigenvalue weighted by Crippen LogP contribution is 1.90. The molecule has 0 saturated carbocycles. The van der Waals surface area contributed by atoms with Crippen LogP contribution in [-0.4, -0.2) is 37.5 Å². The van der Waals surface area contributed by atoms with Gasteiger partial charge in [0.25, 0.3) is 0 Å². The fourth-order valence-electron chi connectivity index (χ4n) is 0.518. The van der Waals surface area contributed by atoms with E-state index in [1.54, 1.807) is 0 Å². The molecule has 0 aromatic carbocycles. The first-order chi connectivity index (χ1) is 7.64. The van der Waals surface area contributed by atoms with E-state index in [2.05, 4.69) is 13.8 Å². The van der Waals surface area contributed by atoms with Crippen molar-refractivity contribution in [3.05, 3.63) is 0 Å². The number of carbonyl (C=O) groups is 1. The molecule has 1 N–H and O–H groups in total. The van der Waals surface area contributed by atoms with Crippen LogP contribution in [0.25, 0.3) is 0 Å². The van der Waals surface area contributed by atoms with Gasteiger partial charge in [-0.05, 0) is 20.8 Å². The highest BCUT2D eigenvalue weighted by molar-refractivity contribution is 5.49. The molecule has 100 valence electrons. The van der Waals surface area contributed by atoms with Crippen LogP contribution >= 0.6 is 0 Å². The first-order valence-electron chi connectivity index (χ1n) is 5.91. The Bertz CT molecular complexity index is 99.2. The monoisotopic (exact) mass is 236 g/mol. The van der Waals surface area contributed by atoms with Crippen molar-refractivity contribution in [3.8, 4) is 0 Å². The summed E-state index contributed by atoms with van der Waals surface area (Å²) in [6, 6.07) is 0. The van der Waals surface area contributed by atoms with Crippen LogP contribution in [0, 0.1) is 0 Å². The van der Waals surface area contributed by atoms with E-state index in [-0.39, 0.29) is 12.9 Å². The van der Waals surface area contributed by atoms with Gasteiger partial charge in [0, 0.05) is 13.2 Å². The normalized spacial score (nSPS) is 8.69. The fraction of sp³-hybridized carbons (Fsp3) is 0.917. The molecule has 16 heavy (non-hydrogen) atoms. The number of aliphatic hydroxyl groups is 1. The summed E-state index contributed by atoms with van der Waals surface area (Å²) >= 11 is 0. The van der Waals surface area contributed by atoms with E-state index in [4.69, 9.17) is 19.4 Å². The summed E-state index contributed by atoms with van der Waals surface area (Å²) in [6.07, 6.45) is 3.03. The fourth-order valence-corrected chi connectivity index (χ4v) is 0.518. The van der Waals surface area contributed by atoms with Gasteiger partial charge in [-0.1, -0.05) is 26.7 Å². The van der Waals surface area contributed by atoms with E-state index in [0.29, 0.717) is 6.29 Å². The molecule has 0 radical (unpaired) electrons. The minimum Gasteiger partial charge on any atom is -0.389 e. The van der Waals surface area contributed by atoms with E-state index >= 15 is 0 Å². The van der Waals surface area contributed by atoms with Crippen molar-refractivity contribution >= 4 is 6.29 Å². The highest BCUT2D eigenvalue weighted by atomic mass is 16.7. The Hall–Kier alpha value is -0.450. The van der Waals surface area contributed by atoms with Crippen LogP contribution in [0.1, 0.15) is 47.5 Å². The van der Waals surface area contributed by atoms with Crippen molar-refractivity contribution in [3.63, 3.8) is 0 Å². The Morgan fingerprint density at radius 2 is 1.38 bits per heavy atom. The summed E-state index contributed by atoms with van der Waals surface area (Å²) in [4.78, 5) is 8.92. The molecule has 4 nitrogen and oxygen atoms in total. The van der Waals surface area contributed by atoms with Crippen LogP contribution in [0.15, 0.2) is 0 Å². The second kappa shape index (κ2) is 24.0. The lowest BCUT2D eigenvalue weighted by Gasteiger charge is -2.09. The van der Waals surface area contributed by atoms with Gasteiger partial charge < -0.3 is 19.4 Å². The number of rotatable bonds is 6. The van der Waals surface area contributed by atoms with Crippen molar-refractivity contribution in [2.75, 3.05) is 19.8 Å². The number of hydrogen-bond acceptors (Lipinski definition) is 4. The van der Waals surface area contributed by atoms with Gasteiger partial charge in [0.2, 0.25) is 0 Å². The van der Waals surface area contributed by atoms with Crippen LogP contribution < -0.4 is 0 Å². The molecule has 4 heteroatoms. The van der Waals surface area contributed by atoms with Gasteiger partial charge in [-0.3, -0.25) is 0 Å². The third kappa shape index (κ3) is 37.4. The first-order valence-corrected chi connectivity index (χ1v) is 5.91. The maximum absolute atomic E-state index is 8.92. The summed E-state index contributed by atoms with van der Waals surface area (Å²) in [5.41, 5.74) is 0. The molecular weight excluding hydrogens is 208 g/mol. The summed E-state index contributed by atoms with van der Waals surface area (Å²) in [5.74, 6) is 0. The molecule has 0 rings (SSSR count). The maximum atomic E-state index is 8.92. The predicted octanol–water partition coefficient (Wildman–Crippen LogP) is 2.39. The Morgan fingerprint density at radius 3 is 1.50 bits per heavy atom. The quantitative estimate of drug-likeness (QED) is 0.568. The van der Waals surface area contributed by atoms with Crippen molar-refractivity contribution in [1.82, 2.24) is 0 Å². The summed E-state index contributed by atoms with van der Waals surface area (Å²) in [7, 11) is 0. The lowest BCUT2D eigenvalue weighted by Crippen LogP contribution is -2.11. The van der Waals surface area contributed by atoms with Gasteiger partial charge in [0.15, 0.2) is 6.29 Å². The zero-order valence-corrected chi connectivity index (χ0v) is 11.4. The SMILES string of the molecule is CCCC.CCOC(C)OCC.O=CCO. The maximum Gasteiger partial charge on any atom is 0.154 e. The predicted molar refractivity (Wildman–Crippen MR) is 66.4 cm³/mol. The summed E-state index contributed by atoms with van der Waals surface area (Å²) < 4.78 is 10.1. The van der Waals surface area contributed by atoms with E-state index < -0.39 is 0 Å². The van der Waals surface area contributed by atoms with Crippen molar-refractivity contribution < 1.29 is 19.4 Å². The molecule has 0 aromatic heterocycles. The zero-order valence-electron chi connectivity index (χ0n) is 11.4. The van der Waals surface area contributed by atoms with E-state index in [1.165, 1.54) is 12.8 Å². The van der Waals surface area contributed by atoms with Crippen molar-refractivity contribution in [1.29, 1.82) is 0 Å². The molecular formula is C12H28O4. The number of carbonyl (C=O) groups excluding carboxylic acids is 1. The van der Waals surface area contributed by atoms with Crippen LogP contribution in [0.4, 0.5) is 0 Å². The van der Waals surface area contributed by atoms with Crippen LogP contribution in [-0.2, 0) is 14.3 Å². The molecule has 0 saturated heterocycles. The van der Waals surface area contributed by atoms with E-state index in [1.807, 2.05) is 20.8 Å². The minimum absolute atomic E-state index is 0.0370. The lowest BCUT2D eigenvalue weighted by molar-refractivity contribution is -0.123. The summed E-state index contributed by atoms with van der Waals surface area (Å²) in [5, 5.41) is 7.51. The van der Waals surface area contributed by atoms with Gasteiger partial charge in [0.1, 0.15) is 6.29 Å². The topological polar surface area (TPSA) is 55.8 Å². The Kier molecular flexibility index (Phi) is 31.4. The van der Waals surface area contributed by atoms with Crippen LogP contribution in [0.5, 0.6) is 0 Å². The molecule has 0 unspecified atom stereocenters.